The van der Waals surface area contributed by atoms with E-state index >= 15 is 0 Å². The van der Waals surface area contributed by atoms with Crippen molar-refractivity contribution in [1.29, 1.82) is 0 Å². The Balaban J connectivity index is 0.00000289. The number of hydrogen-bond acceptors (Lipinski definition) is 2. The van der Waals surface area contributed by atoms with Crippen molar-refractivity contribution in [2.45, 2.75) is 38.1 Å². The van der Waals surface area contributed by atoms with E-state index in [1.807, 2.05) is 48.5 Å². The molecule has 2 heterocycles. The predicted molar refractivity (Wildman–Crippen MR) is 139 cm³/mol. The maximum atomic E-state index is 13.5. The molecule has 4 nitrogen and oxygen atoms in total. The maximum absolute atomic E-state index is 13.5. The first kappa shape index (κ1) is 25.4. The fourth-order valence-corrected chi connectivity index (χ4v) is 5.26. The van der Waals surface area contributed by atoms with E-state index in [9.17, 15) is 4.79 Å². The lowest BCUT2D eigenvalue weighted by Gasteiger charge is -2.19. The second-order valence-electron chi connectivity index (χ2n) is 9.37. The summed E-state index contributed by atoms with van der Waals surface area (Å²) in [6.45, 7) is 3.37. The third-order valence-corrected chi connectivity index (χ3v) is 7.30. The van der Waals surface area contributed by atoms with Crippen LogP contribution in [0.1, 0.15) is 42.1 Å². The van der Waals surface area contributed by atoms with Gasteiger partial charge in [0.05, 0.1) is 36.8 Å². The zero-order chi connectivity index (χ0) is 23.3. The second kappa shape index (κ2) is 11.9. The molecule has 1 saturated heterocycles. The van der Waals surface area contributed by atoms with Gasteiger partial charge >= 0.3 is 0 Å². The van der Waals surface area contributed by atoms with Crippen LogP contribution in [0.3, 0.4) is 0 Å². The molecule has 1 aromatic heterocycles. The van der Waals surface area contributed by atoms with Crippen LogP contribution in [0, 0.1) is 0 Å². The second-order valence-corrected chi connectivity index (χ2v) is 9.80. The highest BCUT2D eigenvalue weighted by Gasteiger charge is 2.24. The lowest BCUT2D eigenvalue weighted by molar-refractivity contribution is -0.899. The number of quaternary nitrogens is 1. The number of likely N-dealkylation sites (tertiary alicyclic amines) is 1. The molecule has 0 radical (unpaired) electrons. The van der Waals surface area contributed by atoms with Gasteiger partial charge in [0.15, 0.2) is 0 Å². The van der Waals surface area contributed by atoms with Gasteiger partial charge < -0.3 is 17.3 Å². The molecule has 1 aliphatic rings. The molecule has 3 aromatic carbocycles. The lowest BCUT2D eigenvalue weighted by Crippen LogP contribution is -3.12. The summed E-state index contributed by atoms with van der Waals surface area (Å²) in [5.41, 5.74) is 3.53. The summed E-state index contributed by atoms with van der Waals surface area (Å²) in [5, 5.41) is 7.40. The smallest absolute Gasteiger partial charge is 0.274 e. The van der Waals surface area contributed by atoms with Gasteiger partial charge in [-0.05, 0) is 42.2 Å². The van der Waals surface area contributed by atoms with Crippen LogP contribution in [-0.4, -0.2) is 29.4 Å². The molecular weight excluding hydrogens is 477 g/mol. The molecule has 0 amide bonds. The third kappa shape index (κ3) is 6.13. The molecular formula is C29H31Cl2N3O. The summed E-state index contributed by atoms with van der Waals surface area (Å²) in [4.78, 5) is 15.1. The number of rotatable bonds is 6. The summed E-state index contributed by atoms with van der Waals surface area (Å²) in [6.07, 6.45) is 4.87. The molecule has 2 unspecified atom stereocenters. The van der Waals surface area contributed by atoms with Crippen LogP contribution in [0.4, 0.5) is 0 Å². The van der Waals surface area contributed by atoms with E-state index in [0.717, 1.165) is 72.4 Å². The van der Waals surface area contributed by atoms with E-state index < -0.39 is 0 Å². The molecule has 0 bridgehead atoms. The molecule has 1 aliphatic heterocycles. The van der Waals surface area contributed by atoms with Gasteiger partial charge in [0.1, 0.15) is 0 Å². The number of benzene rings is 3. The molecule has 35 heavy (non-hydrogen) atoms. The van der Waals surface area contributed by atoms with Crippen molar-refractivity contribution in [3.05, 3.63) is 111 Å². The van der Waals surface area contributed by atoms with Crippen LogP contribution in [-0.2, 0) is 12.8 Å². The minimum absolute atomic E-state index is 0. The normalized spacial score (nSPS) is 18.1. The first-order chi connectivity index (χ1) is 16.7. The largest absolute Gasteiger partial charge is 1.00 e. The minimum atomic E-state index is 0. The minimum Gasteiger partial charge on any atom is -1.00 e. The summed E-state index contributed by atoms with van der Waals surface area (Å²) in [5.74, 6) is 0. The van der Waals surface area contributed by atoms with Gasteiger partial charge in [-0.3, -0.25) is 4.79 Å². The highest BCUT2D eigenvalue weighted by Crippen LogP contribution is 2.22. The molecule has 1 fully saturated rings. The fourth-order valence-electron chi connectivity index (χ4n) is 5.14. The predicted octanol–water partition coefficient (Wildman–Crippen LogP) is 1.50. The fraction of sp³-hybridized carbons (Fsp3) is 0.310. The number of nitrogens with zero attached hydrogens (tertiary/aromatic N) is 2. The van der Waals surface area contributed by atoms with Crippen molar-refractivity contribution in [3.8, 4) is 0 Å². The van der Waals surface area contributed by atoms with Crippen LogP contribution in [0.5, 0.6) is 0 Å². The van der Waals surface area contributed by atoms with Crippen LogP contribution >= 0.6 is 11.6 Å². The Labute approximate surface area is 218 Å². The number of hydrogen-bond donors (Lipinski definition) is 1. The van der Waals surface area contributed by atoms with Crippen molar-refractivity contribution < 1.29 is 17.3 Å². The van der Waals surface area contributed by atoms with Crippen molar-refractivity contribution in [3.63, 3.8) is 0 Å². The highest BCUT2D eigenvalue weighted by molar-refractivity contribution is 6.30. The molecule has 2 atom stereocenters. The van der Waals surface area contributed by atoms with Gasteiger partial charge in [-0.15, -0.1) is 0 Å². The Morgan fingerprint density at radius 3 is 2.34 bits per heavy atom. The maximum Gasteiger partial charge on any atom is 0.274 e. The lowest BCUT2D eigenvalue weighted by atomic mass is 10.0. The van der Waals surface area contributed by atoms with E-state index in [1.54, 1.807) is 9.58 Å². The van der Waals surface area contributed by atoms with Crippen molar-refractivity contribution >= 4 is 22.4 Å². The topological polar surface area (TPSA) is 39.3 Å². The van der Waals surface area contributed by atoms with E-state index in [1.165, 1.54) is 5.56 Å². The van der Waals surface area contributed by atoms with E-state index in [-0.39, 0.29) is 24.0 Å². The van der Waals surface area contributed by atoms with Gasteiger partial charge in [-0.2, -0.15) is 5.10 Å². The highest BCUT2D eigenvalue weighted by atomic mass is 35.5. The Bertz CT molecular complexity index is 1310. The van der Waals surface area contributed by atoms with E-state index in [4.69, 9.17) is 16.7 Å². The molecule has 1 N–H and O–H groups in total. The zero-order valence-electron chi connectivity index (χ0n) is 19.8. The standard InChI is InChI=1S/C29H30ClN3O.ClH/c30-24-14-12-23(13-15-24)21-28-26-10-4-5-11-27(26)29(34)33(31-28)25-9-6-18-32(20-17-25)19-16-22-7-2-1-3-8-22;/h1-5,7-8,10-15,25H,6,9,16-21H2;1H. The van der Waals surface area contributed by atoms with Crippen LogP contribution in [0.25, 0.3) is 10.8 Å². The molecule has 6 heteroatoms. The number of aromatic nitrogens is 2. The number of fused-ring (bicyclic) bond motifs is 1. The van der Waals surface area contributed by atoms with Gasteiger partial charge in [0.2, 0.25) is 0 Å². The third-order valence-electron chi connectivity index (χ3n) is 7.04. The van der Waals surface area contributed by atoms with Gasteiger partial charge in [0.25, 0.3) is 5.56 Å². The quantitative estimate of drug-likeness (QED) is 0.429. The summed E-state index contributed by atoms with van der Waals surface area (Å²) >= 11 is 6.08. The SMILES string of the molecule is O=c1c2ccccc2c(Cc2ccc(Cl)cc2)nn1C1CCC[NH+](CCc2ccccc2)CC1.[Cl-]. The Morgan fingerprint density at radius 1 is 0.857 bits per heavy atom. The summed E-state index contributed by atoms with van der Waals surface area (Å²) in [6, 6.07) is 26.6. The average molecular weight is 508 g/mol. The summed E-state index contributed by atoms with van der Waals surface area (Å²) < 4.78 is 1.80. The Hall–Kier alpha value is -2.66. The van der Waals surface area contributed by atoms with Gasteiger partial charge in [0, 0.05) is 29.7 Å². The molecule has 0 spiro atoms. The van der Waals surface area contributed by atoms with Crippen molar-refractivity contribution in [1.82, 2.24) is 9.78 Å². The van der Waals surface area contributed by atoms with Crippen LogP contribution < -0.4 is 22.9 Å². The zero-order valence-corrected chi connectivity index (χ0v) is 21.3. The summed E-state index contributed by atoms with van der Waals surface area (Å²) in [7, 11) is 0. The number of nitrogens with one attached hydrogen (secondary N) is 1. The van der Waals surface area contributed by atoms with Gasteiger partial charge in [-0.1, -0.05) is 72.3 Å². The monoisotopic (exact) mass is 507 g/mol. The van der Waals surface area contributed by atoms with E-state index in [0.29, 0.717) is 6.42 Å². The first-order valence-corrected chi connectivity index (χ1v) is 12.7. The molecule has 0 aliphatic carbocycles. The number of halogens is 2. The molecule has 5 rings (SSSR count). The van der Waals surface area contributed by atoms with E-state index in [2.05, 4.69) is 30.3 Å². The molecule has 0 saturated carbocycles. The molecule has 182 valence electrons. The molecule has 4 aromatic rings. The van der Waals surface area contributed by atoms with Crippen LogP contribution in [0.15, 0.2) is 83.7 Å². The van der Waals surface area contributed by atoms with Gasteiger partial charge in [-0.25, -0.2) is 4.68 Å². The Morgan fingerprint density at radius 2 is 1.57 bits per heavy atom. The van der Waals surface area contributed by atoms with Crippen molar-refractivity contribution in [2.24, 2.45) is 0 Å². The van der Waals surface area contributed by atoms with Crippen LogP contribution in [0.2, 0.25) is 5.02 Å². The van der Waals surface area contributed by atoms with Crippen molar-refractivity contribution in [2.75, 3.05) is 19.6 Å². The Kier molecular flexibility index (Phi) is 8.61. The first-order valence-electron chi connectivity index (χ1n) is 12.3. The average Bonchev–Trinajstić information content (AvgIpc) is 3.12.